The second-order valence-electron chi connectivity index (χ2n) is 6.26. The fourth-order valence-electron chi connectivity index (χ4n) is 3.41. The number of benzene rings is 3. The highest BCUT2D eigenvalue weighted by Crippen LogP contribution is 2.40. The molecule has 3 nitrogen and oxygen atoms in total. The van der Waals surface area contributed by atoms with Gasteiger partial charge < -0.3 is 15.1 Å². The average Bonchev–Trinajstić information content (AvgIpc) is 3.12. The molecule has 1 aliphatic rings. The van der Waals surface area contributed by atoms with Gasteiger partial charge in [0.05, 0.1) is 5.02 Å². The van der Waals surface area contributed by atoms with Crippen molar-refractivity contribution in [2.75, 3.05) is 10.6 Å². The average molecular weight is 381 g/mol. The van der Waals surface area contributed by atoms with Crippen LogP contribution in [0.1, 0.15) is 11.9 Å². The highest BCUT2D eigenvalue weighted by molar-refractivity contribution is 6.36. The molecule has 26 heavy (non-hydrogen) atoms. The third-order valence-corrected chi connectivity index (χ3v) is 5.16. The number of hydrogen-bond donors (Lipinski definition) is 2. The molecule has 1 aromatic heterocycles. The molecule has 0 saturated carbocycles. The number of halogens is 2. The second kappa shape index (κ2) is 5.97. The van der Waals surface area contributed by atoms with Crippen molar-refractivity contribution in [3.8, 4) is 11.3 Å². The van der Waals surface area contributed by atoms with Crippen molar-refractivity contribution in [2.24, 2.45) is 0 Å². The quantitative estimate of drug-likeness (QED) is 0.395. The Kier molecular flexibility index (Phi) is 3.59. The fourth-order valence-corrected chi connectivity index (χ4v) is 3.91. The largest absolute Gasteiger partial charge is 0.457 e. The first kappa shape index (κ1) is 15.6. The molecule has 0 aliphatic carbocycles. The smallest absolute Gasteiger partial charge is 0.157 e. The normalized spacial score (nSPS) is 13.5. The zero-order valence-corrected chi connectivity index (χ0v) is 15.1. The lowest BCUT2D eigenvalue weighted by Crippen LogP contribution is -2.23. The highest BCUT2D eigenvalue weighted by atomic mass is 35.5. The SMILES string of the molecule is Clc1ccc(-c2ccc(C3Nc4cccc5cccc(c45)N3)o2)c(Cl)c1. The zero-order valence-electron chi connectivity index (χ0n) is 13.6. The summed E-state index contributed by atoms with van der Waals surface area (Å²) >= 11 is 12.3. The lowest BCUT2D eigenvalue weighted by Gasteiger charge is -2.28. The van der Waals surface area contributed by atoms with Crippen LogP contribution in [-0.4, -0.2) is 0 Å². The second-order valence-corrected chi connectivity index (χ2v) is 7.10. The summed E-state index contributed by atoms with van der Waals surface area (Å²) in [5.74, 6) is 1.50. The Labute approximate surface area is 160 Å². The van der Waals surface area contributed by atoms with Crippen LogP contribution in [0.25, 0.3) is 22.1 Å². The van der Waals surface area contributed by atoms with Crippen LogP contribution >= 0.6 is 23.2 Å². The van der Waals surface area contributed by atoms with Gasteiger partial charge in [0.1, 0.15) is 11.5 Å². The summed E-state index contributed by atoms with van der Waals surface area (Å²) in [5, 5.41) is 10.6. The van der Waals surface area contributed by atoms with Crippen LogP contribution < -0.4 is 10.6 Å². The summed E-state index contributed by atoms with van der Waals surface area (Å²) in [5.41, 5.74) is 2.99. The Hall–Kier alpha value is -2.62. The third-order valence-electron chi connectivity index (χ3n) is 4.61. The Balaban J connectivity index is 1.51. The van der Waals surface area contributed by atoms with Gasteiger partial charge >= 0.3 is 0 Å². The molecule has 0 saturated heterocycles. The molecule has 5 heteroatoms. The molecule has 0 radical (unpaired) electrons. The van der Waals surface area contributed by atoms with E-state index < -0.39 is 0 Å². The minimum atomic E-state index is -0.157. The van der Waals surface area contributed by atoms with E-state index >= 15 is 0 Å². The van der Waals surface area contributed by atoms with Crippen molar-refractivity contribution in [2.45, 2.75) is 6.17 Å². The molecule has 0 amide bonds. The molecule has 4 aromatic rings. The highest BCUT2D eigenvalue weighted by Gasteiger charge is 2.23. The number of anilines is 2. The van der Waals surface area contributed by atoms with Crippen LogP contribution in [0.5, 0.6) is 0 Å². The van der Waals surface area contributed by atoms with Gasteiger partial charge in [-0.1, -0.05) is 47.5 Å². The topological polar surface area (TPSA) is 37.2 Å². The summed E-state index contributed by atoms with van der Waals surface area (Å²) in [6, 6.07) is 21.8. The number of nitrogens with one attached hydrogen (secondary N) is 2. The molecular weight excluding hydrogens is 367 g/mol. The Morgan fingerprint density at radius 1 is 0.808 bits per heavy atom. The van der Waals surface area contributed by atoms with E-state index in [1.807, 2.05) is 18.2 Å². The van der Waals surface area contributed by atoms with E-state index in [4.69, 9.17) is 27.6 Å². The molecular formula is C21H14Cl2N2O. The van der Waals surface area contributed by atoms with E-state index in [0.29, 0.717) is 15.8 Å². The molecule has 5 rings (SSSR count). The third kappa shape index (κ3) is 2.52. The molecule has 0 unspecified atom stereocenters. The van der Waals surface area contributed by atoms with Gasteiger partial charge in [0.2, 0.25) is 0 Å². The lowest BCUT2D eigenvalue weighted by atomic mass is 10.0. The van der Waals surface area contributed by atoms with Crippen molar-refractivity contribution in [1.29, 1.82) is 0 Å². The summed E-state index contributed by atoms with van der Waals surface area (Å²) < 4.78 is 6.09. The monoisotopic (exact) mass is 380 g/mol. The summed E-state index contributed by atoms with van der Waals surface area (Å²) in [6.45, 7) is 0. The van der Waals surface area contributed by atoms with Gasteiger partial charge in [0, 0.05) is 27.3 Å². The van der Waals surface area contributed by atoms with E-state index in [9.17, 15) is 0 Å². The molecule has 1 aliphatic heterocycles. The van der Waals surface area contributed by atoms with Gasteiger partial charge in [-0.2, -0.15) is 0 Å². The fraction of sp³-hybridized carbons (Fsp3) is 0.0476. The van der Waals surface area contributed by atoms with Crippen LogP contribution in [-0.2, 0) is 0 Å². The summed E-state index contributed by atoms with van der Waals surface area (Å²) in [7, 11) is 0. The minimum absolute atomic E-state index is 0.157. The molecule has 3 aromatic carbocycles. The first-order valence-corrected chi connectivity index (χ1v) is 9.04. The molecule has 2 heterocycles. The predicted octanol–water partition coefficient (Wildman–Crippen LogP) is 6.94. The van der Waals surface area contributed by atoms with Gasteiger partial charge in [0.25, 0.3) is 0 Å². The van der Waals surface area contributed by atoms with Crippen molar-refractivity contribution in [3.63, 3.8) is 0 Å². The first-order chi connectivity index (χ1) is 12.7. The number of rotatable bonds is 2. The molecule has 0 fully saturated rings. The zero-order chi connectivity index (χ0) is 17.7. The van der Waals surface area contributed by atoms with E-state index in [1.54, 1.807) is 12.1 Å². The van der Waals surface area contributed by atoms with Gasteiger partial charge in [-0.05, 0) is 47.9 Å². The van der Waals surface area contributed by atoms with Gasteiger partial charge in [-0.15, -0.1) is 0 Å². The van der Waals surface area contributed by atoms with Crippen LogP contribution in [0, 0.1) is 0 Å². The number of furan rings is 1. The van der Waals surface area contributed by atoms with Crippen molar-refractivity contribution in [1.82, 2.24) is 0 Å². The standard InChI is InChI=1S/C21H14Cl2N2O/c22-13-7-8-14(15(23)11-13)18-9-10-19(26-18)21-24-16-5-1-3-12-4-2-6-17(25-21)20(12)16/h1-11,21,24-25H. The number of hydrogen-bond acceptors (Lipinski definition) is 3. The Bertz CT molecular complexity index is 1100. The van der Waals surface area contributed by atoms with E-state index in [2.05, 4.69) is 47.0 Å². The van der Waals surface area contributed by atoms with Crippen molar-refractivity contribution in [3.05, 3.63) is 82.5 Å². The summed E-state index contributed by atoms with van der Waals surface area (Å²) in [6.07, 6.45) is -0.157. The molecule has 0 spiro atoms. The Morgan fingerprint density at radius 2 is 1.54 bits per heavy atom. The summed E-state index contributed by atoms with van der Waals surface area (Å²) in [4.78, 5) is 0. The van der Waals surface area contributed by atoms with Crippen LogP contribution in [0.15, 0.2) is 71.1 Å². The van der Waals surface area contributed by atoms with E-state index in [1.165, 1.54) is 10.8 Å². The Morgan fingerprint density at radius 3 is 2.23 bits per heavy atom. The maximum atomic E-state index is 6.30. The first-order valence-electron chi connectivity index (χ1n) is 8.29. The van der Waals surface area contributed by atoms with Crippen molar-refractivity contribution >= 4 is 45.3 Å². The van der Waals surface area contributed by atoms with Gasteiger partial charge in [-0.3, -0.25) is 0 Å². The predicted molar refractivity (Wildman–Crippen MR) is 108 cm³/mol. The van der Waals surface area contributed by atoms with Crippen LogP contribution in [0.2, 0.25) is 10.0 Å². The minimum Gasteiger partial charge on any atom is -0.457 e. The van der Waals surface area contributed by atoms with E-state index in [-0.39, 0.29) is 6.17 Å². The molecule has 0 bridgehead atoms. The molecule has 2 N–H and O–H groups in total. The maximum absolute atomic E-state index is 6.30. The van der Waals surface area contributed by atoms with Gasteiger partial charge in [-0.25, -0.2) is 0 Å². The molecule has 0 atom stereocenters. The maximum Gasteiger partial charge on any atom is 0.157 e. The lowest BCUT2D eigenvalue weighted by molar-refractivity contribution is 0.505. The molecule has 128 valence electrons. The van der Waals surface area contributed by atoms with E-state index in [0.717, 1.165) is 22.7 Å². The van der Waals surface area contributed by atoms with Crippen molar-refractivity contribution < 1.29 is 4.42 Å². The van der Waals surface area contributed by atoms with Crippen LogP contribution in [0.3, 0.4) is 0 Å². The van der Waals surface area contributed by atoms with Gasteiger partial charge in [0.15, 0.2) is 6.17 Å². The van der Waals surface area contributed by atoms with Crippen LogP contribution in [0.4, 0.5) is 11.4 Å².